The molecule has 128 valence electrons. The zero-order chi connectivity index (χ0) is 18.0. The summed E-state index contributed by atoms with van der Waals surface area (Å²) < 4.78 is 5.11. The van der Waals surface area contributed by atoms with E-state index in [1.54, 1.807) is 31.2 Å². The van der Waals surface area contributed by atoms with Gasteiger partial charge in [0.05, 0.1) is 11.6 Å². The molecule has 1 aromatic carbocycles. The molecule has 0 spiro atoms. The van der Waals surface area contributed by atoms with Crippen LogP contribution in [0.25, 0.3) is 0 Å². The largest absolute Gasteiger partial charge is 0.337 e. The molecule has 3 rings (SSSR count). The zero-order valence-corrected chi connectivity index (χ0v) is 13.9. The Morgan fingerprint density at radius 2 is 2.04 bits per heavy atom. The molecule has 1 saturated heterocycles. The third-order valence-corrected chi connectivity index (χ3v) is 4.14. The van der Waals surface area contributed by atoms with Gasteiger partial charge >= 0.3 is 6.03 Å². The number of amides is 3. The van der Waals surface area contributed by atoms with E-state index in [2.05, 4.69) is 15.5 Å². The fraction of sp³-hybridized carbons (Fsp3) is 0.353. The van der Waals surface area contributed by atoms with Crippen molar-refractivity contribution in [2.24, 2.45) is 0 Å². The van der Waals surface area contributed by atoms with Crippen LogP contribution in [0.4, 0.5) is 4.79 Å². The van der Waals surface area contributed by atoms with E-state index in [9.17, 15) is 9.59 Å². The van der Waals surface area contributed by atoms with Crippen LogP contribution in [0.5, 0.6) is 0 Å². The number of benzene rings is 1. The van der Waals surface area contributed by atoms with E-state index >= 15 is 0 Å². The zero-order valence-electron chi connectivity index (χ0n) is 13.9. The van der Waals surface area contributed by atoms with E-state index in [1.807, 2.05) is 13.0 Å². The molecule has 0 saturated carbocycles. The van der Waals surface area contributed by atoms with Crippen molar-refractivity contribution in [2.75, 3.05) is 0 Å². The second kappa shape index (κ2) is 6.36. The van der Waals surface area contributed by atoms with Crippen molar-refractivity contribution in [3.05, 3.63) is 47.1 Å². The number of urea groups is 1. The van der Waals surface area contributed by atoms with E-state index < -0.39 is 17.5 Å². The first-order chi connectivity index (χ1) is 12.0. The Hall–Kier alpha value is -3.21. The maximum Gasteiger partial charge on any atom is 0.325 e. The number of hydrogen-bond donors (Lipinski definition) is 1. The van der Waals surface area contributed by atoms with Crippen LogP contribution in [0.3, 0.4) is 0 Å². The van der Waals surface area contributed by atoms with Gasteiger partial charge in [-0.3, -0.25) is 9.69 Å². The number of carbonyl (C=O) groups excluding carboxylic acids is 2. The normalized spacial score (nSPS) is 19.8. The molecular formula is C17H17N5O3. The Kier molecular flexibility index (Phi) is 4.23. The second-order valence-corrected chi connectivity index (χ2v) is 5.99. The fourth-order valence-electron chi connectivity index (χ4n) is 2.73. The highest BCUT2D eigenvalue weighted by Crippen LogP contribution is 2.29. The fourth-order valence-corrected chi connectivity index (χ4v) is 2.73. The number of nitrogens with zero attached hydrogens (tertiary/aromatic N) is 4. The molecule has 25 heavy (non-hydrogen) atoms. The molecule has 1 N–H and O–H groups in total. The Labute approximate surface area is 144 Å². The number of imide groups is 1. The van der Waals surface area contributed by atoms with Crippen LogP contribution in [0.15, 0.2) is 28.8 Å². The number of aryl methyl sites for hydroxylation is 1. The molecule has 1 unspecified atom stereocenters. The number of aromatic nitrogens is 2. The third-order valence-electron chi connectivity index (χ3n) is 4.14. The van der Waals surface area contributed by atoms with Gasteiger partial charge in [-0.2, -0.15) is 10.2 Å². The van der Waals surface area contributed by atoms with E-state index in [-0.39, 0.29) is 12.4 Å². The summed E-state index contributed by atoms with van der Waals surface area (Å²) in [5.41, 5.74) is -0.114. The molecule has 2 heterocycles. The van der Waals surface area contributed by atoms with Crippen LogP contribution >= 0.6 is 0 Å². The number of carbonyl (C=O) groups is 2. The molecule has 2 aromatic rings. The van der Waals surface area contributed by atoms with Crippen molar-refractivity contribution in [3.8, 4) is 6.07 Å². The van der Waals surface area contributed by atoms with Crippen LogP contribution in [-0.4, -0.2) is 27.0 Å². The van der Waals surface area contributed by atoms with Gasteiger partial charge in [0.15, 0.2) is 5.82 Å². The topological polar surface area (TPSA) is 112 Å². The van der Waals surface area contributed by atoms with Crippen molar-refractivity contribution in [1.82, 2.24) is 20.4 Å². The predicted molar refractivity (Wildman–Crippen MR) is 85.9 cm³/mol. The Bertz CT molecular complexity index is 852. The summed E-state index contributed by atoms with van der Waals surface area (Å²) in [6, 6.07) is 8.04. The quantitative estimate of drug-likeness (QED) is 0.832. The molecule has 1 aliphatic rings. The van der Waals surface area contributed by atoms with Crippen LogP contribution in [0.1, 0.15) is 43.1 Å². The lowest BCUT2D eigenvalue weighted by molar-refractivity contribution is -0.131. The summed E-state index contributed by atoms with van der Waals surface area (Å²) in [5.74, 6) is 0.368. The van der Waals surface area contributed by atoms with E-state index in [4.69, 9.17) is 9.78 Å². The molecule has 8 heteroatoms. The molecule has 0 radical (unpaired) electrons. The summed E-state index contributed by atoms with van der Waals surface area (Å²) in [5, 5.41) is 15.4. The van der Waals surface area contributed by atoms with Crippen molar-refractivity contribution >= 4 is 11.9 Å². The maximum atomic E-state index is 12.8. The highest BCUT2D eigenvalue weighted by atomic mass is 16.5. The maximum absolute atomic E-state index is 12.8. The standard InChI is InChI=1S/C17H17N5O3/c1-3-4-13-19-14(25-21-13)10-22-15(23)17(2,20-16(22)24)12-7-5-11(9-18)6-8-12/h5-8H,3-4,10H2,1-2H3,(H,20,24). The molecule has 1 aliphatic heterocycles. The van der Waals surface area contributed by atoms with Gasteiger partial charge in [0, 0.05) is 6.42 Å². The second-order valence-electron chi connectivity index (χ2n) is 5.99. The van der Waals surface area contributed by atoms with Gasteiger partial charge in [-0.05, 0) is 31.0 Å². The first kappa shape index (κ1) is 16.6. The predicted octanol–water partition coefficient (Wildman–Crippen LogP) is 1.86. The number of nitrogens with one attached hydrogen (secondary N) is 1. The average Bonchev–Trinajstić information content (AvgIpc) is 3.14. The molecular weight excluding hydrogens is 322 g/mol. The van der Waals surface area contributed by atoms with Crippen molar-refractivity contribution in [1.29, 1.82) is 5.26 Å². The minimum absolute atomic E-state index is 0.0761. The summed E-state index contributed by atoms with van der Waals surface area (Å²) in [6.07, 6.45) is 1.55. The van der Waals surface area contributed by atoms with Gasteiger partial charge in [-0.1, -0.05) is 24.2 Å². The molecule has 8 nitrogen and oxygen atoms in total. The number of hydrogen-bond acceptors (Lipinski definition) is 6. The van der Waals surface area contributed by atoms with E-state index in [1.165, 1.54) is 0 Å². The van der Waals surface area contributed by atoms with Gasteiger partial charge in [0.25, 0.3) is 5.91 Å². The van der Waals surface area contributed by atoms with Crippen molar-refractivity contribution in [2.45, 2.75) is 38.8 Å². The van der Waals surface area contributed by atoms with Gasteiger partial charge < -0.3 is 9.84 Å². The lowest BCUT2D eigenvalue weighted by Crippen LogP contribution is -2.40. The van der Waals surface area contributed by atoms with Crippen LogP contribution in [-0.2, 0) is 23.3 Å². The summed E-state index contributed by atoms with van der Waals surface area (Å²) in [4.78, 5) is 30.3. The van der Waals surface area contributed by atoms with Crippen LogP contribution in [0, 0.1) is 11.3 Å². The van der Waals surface area contributed by atoms with Crippen molar-refractivity contribution < 1.29 is 14.1 Å². The number of nitriles is 1. The Balaban J connectivity index is 1.82. The summed E-state index contributed by atoms with van der Waals surface area (Å²) in [6.45, 7) is 3.55. The molecule has 0 bridgehead atoms. The summed E-state index contributed by atoms with van der Waals surface area (Å²) in [7, 11) is 0. The SMILES string of the molecule is CCCc1noc(CN2C(=O)NC(C)(c3ccc(C#N)cc3)C2=O)n1. The lowest BCUT2D eigenvalue weighted by Gasteiger charge is -2.21. The highest BCUT2D eigenvalue weighted by molar-refractivity contribution is 6.07. The molecule has 1 fully saturated rings. The van der Waals surface area contributed by atoms with Crippen LogP contribution in [0.2, 0.25) is 0 Å². The minimum Gasteiger partial charge on any atom is -0.337 e. The summed E-state index contributed by atoms with van der Waals surface area (Å²) >= 11 is 0. The molecule has 1 atom stereocenters. The highest BCUT2D eigenvalue weighted by Gasteiger charge is 2.49. The van der Waals surface area contributed by atoms with Crippen molar-refractivity contribution in [3.63, 3.8) is 0 Å². The first-order valence-corrected chi connectivity index (χ1v) is 7.94. The smallest absolute Gasteiger partial charge is 0.325 e. The Morgan fingerprint density at radius 3 is 2.68 bits per heavy atom. The molecule has 1 aromatic heterocycles. The van der Waals surface area contributed by atoms with Gasteiger partial charge in [-0.25, -0.2) is 4.79 Å². The Morgan fingerprint density at radius 1 is 1.32 bits per heavy atom. The third kappa shape index (κ3) is 2.96. The van der Waals surface area contributed by atoms with Gasteiger partial charge in [0.2, 0.25) is 5.89 Å². The van der Waals surface area contributed by atoms with E-state index in [0.717, 1.165) is 11.3 Å². The van der Waals surface area contributed by atoms with Crippen LogP contribution < -0.4 is 5.32 Å². The van der Waals surface area contributed by atoms with Gasteiger partial charge in [-0.15, -0.1) is 0 Å². The average molecular weight is 339 g/mol. The molecule has 0 aliphatic carbocycles. The van der Waals surface area contributed by atoms with Gasteiger partial charge in [0.1, 0.15) is 12.1 Å². The number of rotatable bonds is 5. The van der Waals surface area contributed by atoms with E-state index in [0.29, 0.717) is 23.4 Å². The molecule has 3 amide bonds. The minimum atomic E-state index is -1.20. The lowest BCUT2D eigenvalue weighted by atomic mass is 9.91. The monoisotopic (exact) mass is 339 g/mol. The first-order valence-electron chi connectivity index (χ1n) is 7.94.